The van der Waals surface area contributed by atoms with E-state index in [-0.39, 0.29) is 5.75 Å². The van der Waals surface area contributed by atoms with Crippen molar-refractivity contribution in [2.45, 2.75) is 50.2 Å². The molecule has 2 aliphatic rings. The number of rotatable bonds is 7. The highest BCUT2D eigenvalue weighted by Gasteiger charge is 2.67. The number of hydrogen-bond donors (Lipinski definition) is 5. The van der Waals surface area contributed by atoms with E-state index in [1.165, 1.54) is 42.4 Å². The van der Waals surface area contributed by atoms with Crippen LogP contribution in [0.15, 0.2) is 36.0 Å². The number of methoxy groups -OCH3 is 1. The van der Waals surface area contributed by atoms with Gasteiger partial charge in [0.05, 0.1) is 13.2 Å². The standard InChI is InChI=1S/C22H27N3O7S/c1-10(9-13(27)32-4)23-14(11-5-7-12(26)8-6-11)19(28)24-15-16-18(33)22(2,3)17(21(30)31)25(16)20(15)29/h5-9,14-18,23,26,33H,1-4H3,(H,24,28)(H,30,31)/b10-9-. The van der Waals surface area contributed by atoms with Crippen molar-refractivity contribution in [1.29, 1.82) is 0 Å². The number of aromatic hydroxyl groups is 1. The van der Waals surface area contributed by atoms with E-state index in [4.69, 9.17) is 0 Å². The molecule has 4 N–H and O–H groups in total. The Kier molecular flexibility index (Phi) is 6.64. The molecule has 0 aromatic heterocycles. The molecule has 2 heterocycles. The Morgan fingerprint density at radius 1 is 1.24 bits per heavy atom. The summed E-state index contributed by atoms with van der Waals surface area (Å²) < 4.78 is 4.60. The van der Waals surface area contributed by atoms with Crippen LogP contribution in [0.25, 0.3) is 0 Å². The Bertz CT molecular complexity index is 1010. The maximum Gasteiger partial charge on any atom is 0.332 e. The number of carboxylic acids is 1. The maximum absolute atomic E-state index is 13.2. The first-order valence-electron chi connectivity index (χ1n) is 10.2. The summed E-state index contributed by atoms with van der Waals surface area (Å²) in [6.07, 6.45) is 1.18. The van der Waals surface area contributed by atoms with E-state index < -0.39 is 58.6 Å². The number of amides is 2. The zero-order chi connectivity index (χ0) is 24.7. The molecule has 0 saturated carbocycles. The number of benzene rings is 1. The Morgan fingerprint density at radius 2 is 1.85 bits per heavy atom. The molecule has 2 fully saturated rings. The number of fused-ring (bicyclic) bond motifs is 1. The zero-order valence-electron chi connectivity index (χ0n) is 18.6. The van der Waals surface area contributed by atoms with Gasteiger partial charge in [-0.1, -0.05) is 26.0 Å². The summed E-state index contributed by atoms with van der Waals surface area (Å²) in [6.45, 7) is 5.04. The highest BCUT2D eigenvalue weighted by atomic mass is 32.1. The second-order valence-corrected chi connectivity index (χ2v) is 9.31. The molecule has 2 amide bonds. The number of esters is 1. The Labute approximate surface area is 196 Å². The van der Waals surface area contributed by atoms with Crippen molar-refractivity contribution in [2.75, 3.05) is 7.11 Å². The number of hydrogen-bond acceptors (Lipinski definition) is 8. The topological polar surface area (TPSA) is 145 Å². The zero-order valence-corrected chi connectivity index (χ0v) is 19.5. The second-order valence-electron chi connectivity index (χ2n) is 8.75. The highest BCUT2D eigenvalue weighted by molar-refractivity contribution is 7.81. The van der Waals surface area contributed by atoms with Gasteiger partial charge in [0, 0.05) is 22.4 Å². The van der Waals surface area contributed by atoms with Gasteiger partial charge in [0.15, 0.2) is 0 Å². The minimum atomic E-state index is -1.12. The predicted molar refractivity (Wildman–Crippen MR) is 120 cm³/mol. The number of thiol groups is 1. The highest BCUT2D eigenvalue weighted by Crippen LogP contribution is 2.49. The average molecular weight is 478 g/mol. The van der Waals surface area contributed by atoms with Gasteiger partial charge in [0.1, 0.15) is 23.9 Å². The lowest BCUT2D eigenvalue weighted by Crippen LogP contribution is -2.72. The van der Waals surface area contributed by atoms with Crippen molar-refractivity contribution in [3.05, 3.63) is 41.6 Å². The first-order chi connectivity index (χ1) is 15.4. The van der Waals surface area contributed by atoms with Crippen LogP contribution in [0.3, 0.4) is 0 Å². The van der Waals surface area contributed by atoms with Crippen LogP contribution in [0, 0.1) is 5.41 Å². The molecule has 5 atom stereocenters. The summed E-state index contributed by atoms with van der Waals surface area (Å²) in [5.41, 5.74) is 0.0178. The average Bonchev–Trinajstić information content (AvgIpc) is 2.94. The third-order valence-electron chi connectivity index (χ3n) is 6.18. The van der Waals surface area contributed by atoms with Gasteiger partial charge in [0.25, 0.3) is 0 Å². The monoisotopic (exact) mass is 477 g/mol. The van der Waals surface area contributed by atoms with Gasteiger partial charge in [-0.05, 0) is 24.6 Å². The minimum Gasteiger partial charge on any atom is -0.508 e. The van der Waals surface area contributed by atoms with Gasteiger partial charge in [-0.15, -0.1) is 0 Å². The molecule has 0 spiro atoms. The van der Waals surface area contributed by atoms with E-state index >= 15 is 0 Å². The first-order valence-corrected chi connectivity index (χ1v) is 10.8. The number of carboxylic acid groups (broad SMARTS) is 1. The SMILES string of the molecule is COC(=O)/C=C(/C)NC(C(=O)NC1C(=O)N2C1C(S)C(C)(C)C2C(=O)O)c1ccc(O)cc1. The summed E-state index contributed by atoms with van der Waals surface area (Å²) in [6, 6.07) is 2.34. The third kappa shape index (κ3) is 4.37. The van der Waals surface area contributed by atoms with Crippen molar-refractivity contribution in [1.82, 2.24) is 15.5 Å². The Morgan fingerprint density at radius 3 is 2.39 bits per heavy atom. The molecular formula is C22H27N3O7S. The predicted octanol–water partition coefficient (Wildman–Crippen LogP) is 0.587. The molecule has 11 heteroatoms. The molecule has 0 bridgehead atoms. The summed E-state index contributed by atoms with van der Waals surface area (Å²) in [5.74, 6) is -2.77. The van der Waals surface area contributed by atoms with Crippen molar-refractivity contribution in [3.63, 3.8) is 0 Å². The Balaban J connectivity index is 1.85. The van der Waals surface area contributed by atoms with Crippen LogP contribution < -0.4 is 10.6 Å². The lowest BCUT2D eigenvalue weighted by molar-refractivity contribution is -0.163. The first kappa shape index (κ1) is 24.4. The van der Waals surface area contributed by atoms with E-state index in [9.17, 15) is 29.4 Å². The molecule has 1 aromatic rings. The minimum absolute atomic E-state index is 0.00959. The number of aliphatic carboxylic acids is 1. The lowest BCUT2D eigenvalue weighted by atomic mass is 9.82. The van der Waals surface area contributed by atoms with E-state index in [1.807, 2.05) is 0 Å². The van der Waals surface area contributed by atoms with Crippen LogP contribution in [0.1, 0.15) is 32.4 Å². The van der Waals surface area contributed by atoms with Crippen molar-refractivity contribution in [3.8, 4) is 5.75 Å². The number of phenols is 1. The maximum atomic E-state index is 13.2. The number of phenolic OH excluding ortho intramolecular Hbond substituents is 1. The van der Waals surface area contributed by atoms with Crippen LogP contribution in [0.2, 0.25) is 0 Å². The van der Waals surface area contributed by atoms with Crippen LogP contribution >= 0.6 is 12.6 Å². The molecule has 2 saturated heterocycles. The number of ether oxygens (including phenoxy) is 1. The molecular weight excluding hydrogens is 450 g/mol. The quantitative estimate of drug-likeness (QED) is 0.166. The number of carbonyl (C=O) groups is 4. The van der Waals surface area contributed by atoms with Crippen molar-refractivity contribution >= 4 is 36.4 Å². The van der Waals surface area contributed by atoms with Crippen LogP contribution in [-0.4, -0.2) is 69.4 Å². The van der Waals surface area contributed by atoms with Gasteiger partial charge in [0.2, 0.25) is 11.8 Å². The molecule has 33 heavy (non-hydrogen) atoms. The number of carbonyl (C=O) groups excluding carboxylic acids is 3. The van der Waals surface area contributed by atoms with Gasteiger partial charge in [-0.3, -0.25) is 9.59 Å². The number of allylic oxidation sites excluding steroid dienone is 1. The smallest absolute Gasteiger partial charge is 0.332 e. The van der Waals surface area contributed by atoms with E-state index in [1.54, 1.807) is 20.8 Å². The molecule has 10 nitrogen and oxygen atoms in total. The molecule has 0 aliphatic carbocycles. The van der Waals surface area contributed by atoms with Crippen LogP contribution in [0.4, 0.5) is 0 Å². The van der Waals surface area contributed by atoms with Crippen LogP contribution in [0.5, 0.6) is 5.75 Å². The Hall–Kier alpha value is -3.21. The fraction of sp³-hybridized carbons (Fsp3) is 0.455. The normalized spacial score (nSPS) is 26.6. The number of β-lactam (4-membered cyclic amide) rings is 1. The molecule has 0 radical (unpaired) electrons. The summed E-state index contributed by atoms with van der Waals surface area (Å²) in [5, 5.41) is 24.4. The molecule has 2 aliphatic heterocycles. The second kappa shape index (κ2) is 8.97. The van der Waals surface area contributed by atoms with Crippen LogP contribution in [-0.2, 0) is 23.9 Å². The van der Waals surface area contributed by atoms with Crippen molar-refractivity contribution < 1.29 is 34.1 Å². The van der Waals surface area contributed by atoms with Gasteiger partial charge < -0.3 is 30.5 Å². The molecule has 178 valence electrons. The van der Waals surface area contributed by atoms with Gasteiger partial charge in [-0.25, -0.2) is 9.59 Å². The number of nitrogens with zero attached hydrogens (tertiary/aromatic N) is 1. The fourth-order valence-electron chi connectivity index (χ4n) is 4.42. The largest absolute Gasteiger partial charge is 0.508 e. The van der Waals surface area contributed by atoms with Gasteiger partial charge in [-0.2, -0.15) is 12.6 Å². The number of nitrogens with one attached hydrogen (secondary N) is 2. The lowest BCUT2D eigenvalue weighted by Gasteiger charge is -2.45. The summed E-state index contributed by atoms with van der Waals surface area (Å²) in [4.78, 5) is 50.7. The third-order valence-corrected chi connectivity index (χ3v) is 7.15. The molecule has 3 rings (SSSR count). The van der Waals surface area contributed by atoms with E-state index in [0.717, 1.165) is 0 Å². The molecule has 1 aromatic carbocycles. The fourth-order valence-corrected chi connectivity index (χ4v) is 4.88. The summed E-state index contributed by atoms with van der Waals surface area (Å²) >= 11 is 4.58. The summed E-state index contributed by atoms with van der Waals surface area (Å²) in [7, 11) is 1.23. The van der Waals surface area contributed by atoms with Gasteiger partial charge >= 0.3 is 11.9 Å². The van der Waals surface area contributed by atoms with Crippen molar-refractivity contribution in [2.24, 2.45) is 5.41 Å². The van der Waals surface area contributed by atoms with E-state index in [0.29, 0.717) is 11.3 Å². The van der Waals surface area contributed by atoms with E-state index in [2.05, 4.69) is 28.0 Å². The molecule has 5 unspecified atom stereocenters.